The van der Waals surface area contributed by atoms with Crippen LogP contribution in [0, 0.1) is 5.82 Å². The van der Waals surface area contributed by atoms with Crippen LogP contribution in [0.3, 0.4) is 0 Å². The first kappa shape index (κ1) is 11.6. The van der Waals surface area contributed by atoms with Gasteiger partial charge in [-0.3, -0.25) is 10.00 Å². The van der Waals surface area contributed by atoms with E-state index in [1.54, 1.807) is 12.1 Å². The molecule has 0 bridgehead atoms. The molecule has 4 nitrogen and oxygen atoms in total. The first-order chi connectivity index (χ1) is 8.13. The van der Waals surface area contributed by atoms with E-state index in [9.17, 15) is 4.39 Å². The molecule has 5 heteroatoms. The van der Waals surface area contributed by atoms with Gasteiger partial charge < -0.3 is 5.73 Å². The molecule has 0 saturated heterocycles. The van der Waals surface area contributed by atoms with Gasteiger partial charge in [0.05, 0.1) is 5.69 Å². The van der Waals surface area contributed by atoms with Gasteiger partial charge in [0.1, 0.15) is 11.6 Å². The van der Waals surface area contributed by atoms with Crippen molar-refractivity contribution in [3.8, 4) is 0 Å². The van der Waals surface area contributed by atoms with Gasteiger partial charge in [-0.1, -0.05) is 12.1 Å². The van der Waals surface area contributed by atoms with Crippen LogP contribution >= 0.6 is 0 Å². The molecule has 17 heavy (non-hydrogen) atoms. The van der Waals surface area contributed by atoms with Crippen molar-refractivity contribution in [1.82, 2.24) is 15.1 Å². The Morgan fingerprint density at radius 1 is 1.35 bits per heavy atom. The van der Waals surface area contributed by atoms with Crippen molar-refractivity contribution in [3.63, 3.8) is 0 Å². The molecule has 2 aromatic rings. The summed E-state index contributed by atoms with van der Waals surface area (Å²) in [5, 5.41) is 6.70. The molecular weight excluding hydrogens is 219 g/mol. The van der Waals surface area contributed by atoms with Gasteiger partial charge in [0.25, 0.3) is 0 Å². The van der Waals surface area contributed by atoms with Gasteiger partial charge in [-0.25, -0.2) is 4.39 Å². The molecule has 0 atom stereocenters. The molecule has 0 saturated carbocycles. The number of nitrogens with one attached hydrogen (secondary N) is 1. The molecule has 0 spiro atoms. The monoisotopic (exact) mass is 234 g/mol. The van der Waals surface area contributed by atoms with Gasteiger partial charge in [-0.2, -0.15) is 5.10 Å². The lowest BCUT2D eigenvalue weighted by Crippen LogP contribution is -2.17. The molecule has 90 valence electrons. The van der Waals surface area contributed by atoms with Crippen LogP contribution in [0.25, 0.3) is 0 Å². The van der Waals surface area contributed by atoms with Gasteiger partial charge in [0.2, 0.25) is 0 Å². The second kappa shape index (κ2) is 4.97. The third-order valence-corrected chi connectivity index (χ3v) is 2.43. The van der Waals surface area contributed by atoms with Crippen molar-refractivity contribution in [2.24, 2.45) is 0 Å². The maximum Gasteiger partial charge on any atom is 0.145 e. The zero-order valence-corrected chi connectivity index (χ0v) is 9.65. The molecule has 3 N–H and O–H groups in total. The number of hydrogen-bond donors (Lipinski definition) is 2. The summed E-state index contributed by atoms with van der Waals surface area (Å²) in [6.07, 6.45) is 0. The van der Waals surface area contributed by atoms with E-state index in [2.05, 4.69) is 15.1 Å². The number of benzene rings is 1. The smallest absolute Gasteiger partial charge is 0.145 e. The fraction of sp³-hybridized carbons (Fsp3) is 0.250. The minimum absolute atomic E-state index is 0.207. The maximum absolute atomic E-state index is 13.0. The quantitative estimate of drug-likeness (QED) is 0.847. The van der Waals surface area contributed by atoms with E-state index in [-0.39, 0.29) is 5.82 Å². The van der Waals surface area contributed by atoms with Crippen LogP contribution in [-0.4, -0.2) is 22.1 Å². The summed E-state index contributed by atoms with van der Waals surface area (Å²) < 4.78 is 13.0. The van der Waals surface area contributed by atoms with Gasteiger partial charge >= 0.3 is 0 Å². The fourth-order valence-electron chi connectivity index (χ4n) is 1.75. The van der Waals surface area contributed by atoms with E-state index in [4.69, 9.17) is 5.73 Å². The molecule has 0 aliphatic carbocycles. The van der Waals surface area contributed by atoms with Gasteiger partial charge in [0, 0.05) is 19.2 Å². The predicted octanol–water partition coefficient (Wildman–Crippen LogP) is 1.76. The zero-order chi connectivity index (χ0) is 12.3. The van der Waals surface area contributed by atoms with E-state index in [0.29, 0.717) is 18.9 Å². The number of hydrogen-bond acceptors (Lipinski definition) is 3. The molecule has 2 rings (SSSR count). The lowest BCUT2D eigenvalue weighted by Gasteiger charge is -2.15. The molecule has 0 aliphatic heterocycles. The lowest BCUT2D eigenvalue weighted by atomic mass is 10.2. The number of rotatable bonds is 4. The summed E-state index contributed by atoms with van der Waals surface area (Å²) in [4.78, 5) is 2.06. The molecule has 0 aliphatic rings. The Bertz CT molecular complexity index is 495. The van der Waals surface area contributed by atoms with Crippen LogP contribution in [0.5, 0.6) is 0 Å². The Labute approximate surface area is 99.2 Å². The lowest BCUT2D eigenvalue weighted by molar-refractivity contribution is 0.314. The van der Waals surface area contributed by atoms with Crippen molar-refractivity contribution < 1.29 is 4.39 Å². The topological polar surface area (TPSA) is 57.9 Å². The molecule has 0 unspecified atom stereocenters. The number of aromatic nitrogens is 2. The van der Waals surface area contributed by atoms with E-state index < -0.39 is 0 Å². The zero-order valence-electron chi connectivity index (χ0n) is 9.65. The molecule has 0 amide bonds. The van der Waals surface area contributed by atoms with Gasteiger partial charge in [0.15, 0.2) is 0 Å². The van der Waals surface area contributed by atoms with Crippen LogP contribution in [0.15, 0.2) is 30.3 Å². The number of aromatic amines is 1. The van der Waals surface area contributed by atoms with Crippen LogP contribution in [0.2, 0.25) is 0 Å². The summed E-state index contributed by atoms with van der Waals surface area (Å²) in [5.41, 5.74) is 7.41. The Balaban J connectivity index is 1.95. The van der Waals surface area contributed by atoms with E-state index >= 15 is 0 Å². The molecule has 1 aromatic heterocycles. The van der Waals surface area contributed by atoms with Crippen LogP contribution in [0.1, 0.15) is 11.3 Å². The SMILES string of the molecule is CN(Cc1cccc(F)c1)Cc1cc(N)n[nH]1. The highest BCUT2D eigenvalue weighted by atomic mass is 19.1. The van der Waals surface area contributed by atoms with Gasteiger partial charge in [-0.05, 0) is 24.7 Å². The molecule has 0 radical (unpaired) electrons. The van der Waals surface area contributed by atoms with E-state index in [1.807, 2.05) is 13.1 Å². The molecule has 1 aromatic carbocycles. The normalized spacial score (nSPS) is 11.0. The molecular formula is C12H15FN4. The second-order valence-corrected chi connectivity index (χ2v) is 4.12. The van der Waals surface area contributed by atoms with E-state index in [1.165, 1.54) is 12.1 Å². The standard InChI is InChI=1S/C12H15FN4/c1-17(8-11-6-12(14)16-15-11)7-9-3-2-4-10(13)5-9/h2-6H,7-8H2,1H3,(H3,14,15,16). The highest BCUT2D eigenvalue weighted by Crippen LogP contribution is 2.09. The van der Waals surface area contributed by atoms with E-state index in [0.717, 1.165) is 11.3 Å². The number of anilines is 1. The number of halogens is 1. The highest BCUT2D eigenvalue weighted by Gasteiger charge is 2.04. The van der Waals surface area contributed by atoms with Crippen molar-refractivity contribution in [3.05, 3.63) is 47.4 Å². The van der Waals surface area contributed by atoms with Crippen molar-refractivity contribution in [2.75, 3.05) is 12.8 Å². The first-order valence-corrected chi connectivity index (χ1v) is 5.36. The Morgan fingerprint density at radius 2 is 2.18 bits per heavy atom. The summed E-state index contributed by atoms with van der Waals surface area (Å²) in [6.45, 7) is 1.37. The Kier molecular flexibility index (Phi) is 3.39. The fourth-order valence-corrected chi connectivity index (χ4v) is 1.75. The minimum atomic E-state index is -0.207. The van der Waals surface area contributed by atoms with Crippen molar-refractivity contribution in [2.45, 2.75) is 13.1 Å². The summed E-state index contributed by atoms with van der Waals surface area (Å²) >= 11 is 0. The second-order valence-electron chi connectivity index (χ2n) is 4.12. The molecule has 1 heterocycles. The largest absolute Gasteiger partial charge is 0.382 e. The Hall–Kier alpha value is -1.88. The minimum Gasteiger partial charge on any atom is -0.382 e. The third kappa shape index (κ3) is 3.29. The van der Waals surface area contributed by atoms with Gasteiger partial charge in [-0.15, -0.1) is 0 Å². The average molecular weight is 234 g/mol. The summed E-state index contributed by atoms with van der Waals surface area (Å²) in [5.74, 6) is 0.279. The number of nitrogens with zero attached hydrogens (tertiary/aromatic N) is 2. The first-order valence-electron chi connectivity index (χ1n) is 5.36. The molecule has 0 fully saturated rings. The summed E-state index contributed by atoms with van der Waals surface area (Å²) in [6, 6.07) is 8.40. The maximum atomic E-state index is 13.0. The highest BCUT2D eigenvalue weighted by molar-refractivity contribution is 5.28. The predicted molar refractivity (Wildman–Crippen MR) is 64.6 cm³/mol. The number of H-pyrrole nitrogens is 1. The van der Waals surface area contributed by atoms with Crippen LogP contribution in [-0.2, 0) is 13.1 Å². The van der Waals surface area contributed by atoms with Crippen molar-refractivity contribution in [1.29, 1.82) is 0 Å². The van der Waals surface area contributed by atoms with Crippen molar-refractivity contribution >= 4 is 5.82 Å². The average Bonchev–Trinajstić information content (AvgIpc) is 2.63. The summed E-state index contributed by atoms with van der Waals surface area (Å²) in [7, 11) is 1.96. The third-order valence-electron chi connectivity index (χ3n) is 2.43. The van der Waals surface area contributed by atoms with Crippen LogP contribution < -0.4 is 5.73 Å². The van der Waals surface area contributed by atoms with Crippen LogP contribution in [0.4, 0.5) is 10.2 Å². The number of nitrogens with two attached hydrogens (primary N) is 1. The number of nitrogen functional groups attached to an aromatic ring is 1. The Morgan fingerprint density at radius 3 is 2.82 bits per heavy atom.